The quantitative estimate of drug-likeness (QED) is 0.293. The third-order valence-electron chi connectivity index (χ3n) is 6.50. The molecule has 2 unspecified atom stereocenters. The molecular weight excluding hydrogens is 474 g/mol. The van der Waals surface area contributed by atoms with Crippen LogP contribution in [-0.2, 0) is 4.74 Å². The molecule has 4 aromatic rings. The Kier molecular flexibility index (Phi) is 6.73. The average Bonchev–Trinajstić information content (AvgIpc) is 3.41. The summed E-state index contributed by atoms with van der Waals surface area (Å²) < 4.78 is 5.49. The molecule has 1 aliphatic rings. The van der Waals surface area contributed by atoms with Gasteiger partial charge < -0.3 is 26.0 Å². The van der Waals surface area contributed by atoms with Gasteiger partial charge in [0.1, 0.15) is 18.8 Å². The maximum absolute atomic E-state index is 12.4. The Hall–Kier alpha value is -3.72. The summed E-state index contributed by atoms with van der Waals surface area (Å²) in [7, 11) is 0. The molecule has 1 aliphatic carbocycles. The minimum atomic E-state index is -1.20. The van der Waals surface area contributed by atoms with Crippen molar-refractivity contribution in [1.82, 2.24) is 10.3 Å². The number of hydrogen-bond donors (Lipinski definition) is 4. The van der Waals surface area contributed by atoms with E-state index in [2.05, 4.69) is 34.6 Å². The first-order chi connectivity index (χ1) is 17.4. The van der Waals surface area contributed by atoms with Crippen molar-refractivity contribution in [3.8, 4) is 22.4 Å². The lowest BCUT2D eigenvalue weighted by Gasteiger charge is -2.19. The fraction of sp³-hybridized carbons (Fsp3) is 0.214. The zero-order chi connectivity index (χ0) is 25.2. The van der Waals surface area contributed by atoms with E-state index in [4.69, 9.17) is 10.5 Å². The van der Waals surface area contributed by atoms with Gasteiger partial charge in [-0.05, 0) is 34.7 Å². The lowest BCUT2D eigenvalue weighted by molar-refractivity contribution is 0.0185. The lowest BCUT2D eigenvalue weighted by atomic mass is 9.98. The van der Waals surface area contributed by atoms with Crippen molar-refractivity contribution in [3.05, 3.63) is 94.4 Å². The van der Waals surface area contributed by atoms with E-state index in [9.17, 15) is 15.0 Å². The van der Waals surface area contributed by atoms with Gasteiger partial charge in [-0.25, -0.2) is 9.78 Å². The number of carbonyl (C=O) groups excluding carboxylic acids is 1. The summed E-state index contributed by atoms with van der Waals surface area (Å²) in [4.78, 5) is 17.7. The number of hydrogen-bond acceptors (Lipinski definition) is 7. The number of ether oxygens (including phenoxy) is 1. The summed E-state index contributed by atoms with van der Waals surface area (Å²) >= 11 is 1.42. The molecule has 0 saturated heterocycles. The van der Waals surface area contributed by atoms with Crippen LogP contribution >= 0.6 is 11.3 Å². The van der Waals surface area contributed by atoms with Crippen LogP contribution in [0.4, 0.5) is 9.93 Å². The zero-order valence-corrected chi connectivity index (χ0v) is 20.5. The van der Waals surface area contributed by atoms with Crippen molar-refractivity contribution >= 4 is 22.6 Å². The minimum absolute atomic E-state index is 0.0473. The highest BCUT2D eigenvalue weighted by Crippen LogP contribution is 2.44. The van der Waals surface area contributed by atoms with Crippen LogP contribution in [-0.4, -0.2) is 40.5 Å². The van der Waals surface area contributed by atoms with E-state index in [1.54, 1.807) is 12.1 Å². The van der Waals surface area contributed by atoms with Crippen LogP contribution in [0.5, 0.6) is 0 Å². The number of anilines is 1. The topological polar surface area (TPSA) is 118 Å². The zero-order valence-electron chi connectivity index (χ0n) is 19.7. The summed E-state index contributed by atoms with van der Waals surface area (Å²) in [6.07, 6.45) is -3.02. The SMILES string of the molecule is Cc1sc(N)nc1-c1ccc(C(O)C(O)CNC(=O)OCC2c3ccccc3-c3ccccc32)cc1. The molecule has 2 atom stereocenters. The Balaban J connectivity index is 1.16. The largest absolute Gasteiger partial charge is 0.449 e. The standard InChI is InChI=1S/C28H27N3O4S/c1-16-25(31-27(29)36-16)17-10-12-18(13-11-17)26(33)24(32)14-30-28(34)35-15-23-21-8-4-2-6-19(21)20-7-3-5-9-22(20)23/h2-13,23-24,26,32-33H,14-15H2,1H3,(H2,29,31)(H,30,34). The van der Waals surface area contributed by atoms with Crippen LogP contribution in [0.2, 0.25) is 0 Å². The number of aliphatic hydroxyl groups excluding tert-OH is 2. The smallest absolute Gasteiger partial charge is 0.407 e. The van der Waals surface area contributed by atoms with Crippen molar-refractivity contribution in [1.29, 1.82) is 0 Å². The first-order valence-corrected chi connectivity index (χ1v) is 12.5. The van der Waals surface area contributed by atoms with E-state index >= 15 is 0 Å². The summed E-state index contributed by atoms with van der Waals surface area (Å²) in [5.74, 6) is -0.0473. The molecule has 36 heavy (non-hydrogen) atoms. The molecule has 1 aromatic heterocycles. The molecule has 0 saturated carbocycles. The Morgan fingerprint density at radius 1 is 1.03 bits per heavy atom. The molecule has 5 rings (SSSR count). The van der Waals surface area contributed by atoms with Crippen LogP contribution in [0.15, 0.2) is 72.8 Å². The number of benzene rings is 3. The number of thiazole rings is 1. The third-order valence-corrected chi connectivity index (χ3v) is 7.30. The number of nitrogens with one attached hydrogen (secondary N) is 1. The predicted molar refractivity (Wildman–Crippen MR) is 141 cm³/mol. The van der Waals surface area contributed by atoms with Crippen LogP contribution < -0.4 is 11.1 Å². The number of nitrogens with two attached hydrogens (primary N) is 1. The molecule has 5 N–H and O–H groups in total. The van der Waals surface area contributed by atoms with Gasteiger partial charge in [-0.1, -0.05) is 72.8 Å². The van der Waals surface area contributed by atoms with Gasteiger partial charge in [0, 0.05) is 22.9 Å². The highest BCUT2D eigenvalue weighted by molar-refractivity contribution is 7.15. The van der Waals surface area contributed by atoms with E-state index in [1.165, 1.54) is 11.3 Å². The van der Waals surface area contributed by atoms with Crippen LogP contribution in [0, 0.1) is 6.92 Å². The number of nitrogens with zero attached hydrogens (tertiary/aromatic N) is 1. The molecule has 3 aromatic carbocycles. The van der Waals surface area contributed by atoms with Gasteiger partial charge in [-0.2, -0.15) is 0 Å². The molecule has 0 aliphatic heterocycles. The van der Waals surface area contributed by atoms with Gasteiger partial charge in [0.25, 0.3) is 0 Å². The molecule has 0 radical (unpaired) electrons. The van der Waals surface area contributed by atoms with Crippen molar-refractivity contribution < 1.29 is 19.7 Å². The molecular formula is C28H27N3O4S. The number of rotatable bonds is 7. The van der Waals surface area contributed by atoms with Crippen molar-refractivity contribution in [2.75, 3.05) is 18.9 Å². The minimum Gasteiger partial charge on any atom is -0.449 e. The van der Waals surface area contributed by atoms with Crippen molar-refractivity contribution in [2.24, 2.45) is 0 Å². The Morgan fingerprint density at radius 3 is 2.22 bits per heavy atom. The van der Waals surface area contributed by atoms with E-state index in [-0.39, 0.29) is 19.1 Å². The molecule has 184 valence electrons. The predicted octanol–water partition coefficient (Wildman–Crippen LogP) is 4.63. The molecule has 0 fully saturated rings. The van der Waals surface area contributed by atoms with E-state index in [0.29, 0.717) is 10.7 Å². The van der Waals surface area contributed by atoms with E-state index < -0.39 is 18.3 Å². The van der Waals surface area contributed by atoms with Gasteiger partial charge in [0.05, 0.1) is 5.69 Å². The molecule has 8 heteroatoms. The number of aromatic nitrogens is 1. The normalized spacial score (nSPS) is 14.1. The highest BCUT2D eigenvalue weighted by Gasteiger charge is 2.29. The molecule has 1 amide bonds. The van der Waals surface area contributed by atoms with Crippen LogP contribution in [0.3, 0.4) is 0 Å². The number of carbonyl (C=O) groups is 1. The summed E-state index contributed by atoms with van der Waals surface area (Å²) in [6, 6.07) is 23.3. The number of alkyl carbamates (subject to hydrolysis) is 1. The maximum atomic E-state index is 12.4. The molecule has 1 heterocycles. The Labute approximate surface area is 213 Å². The van der Waals surface area contributed by atoms with Gasteiger partial charge >= 0.3 is 6.09 Å². The van der Waals surface area contributed by atoms with Crippen molar-refractivity contribution in [2.45, 2.75) is 25.0 Å². The lowest BCUT2D eigenvalue weighted by Crippen LogP contribution is -2.36. The third kappa shape index (κ3) is 4.70. The Morgan fingerprint density at radius 2 is 1.64 bits per heavy atom. The fourth-order valence-corrected chi connectivity index (χ4v) is 5.40. The molecule has 7 nitrogen and oxygen atoms in total. The number of fused-ring (bicyclic) bond motifs is 3. The average molecular weight is 502 g/mol. The molecule has 0 bridgehead atoms. The van der Waals surface area contributed by atoms with E-state index in [0.717, 1.165) is 38.4 Å². The summed E-state index contributed by atoms with van der Waals surface area (Å²) in [5.41, 5.74) is 12.5. The van der Waals surface area contributed by atoms with Crippen molar-refractivity contribution in [3.63, 3.8) is 0 Å². The number of aryl methyl sites for hydroxylation is 1. The van der Waals surface area contributed by atoms with Gasteiger partial charge in [-0.3, -0.25) is 0 Å². The number of amides is 1. The first kappa shape index (κ1) is 24.0. The monoisotopic (exact) mass is 501 g/mol. The van der Waals surface area contributed by atoms with Crippen LogP contribution in [0.25, 0.3) is 22.4 Å². The Bertz CT molecular complexity index is 1340. The fourth-order valence-electron chi connectivity index (χ4n) is 4.69. The second kappa shape index (κ2) is 10.1. The van der Waals surface area contributed by atoms with Gasteiger partial charge in [0.2, 0.25) is 0 Å². The second-order valence-electron chi connectivity index (χ2n) is 8.80. The van der Waals surface area contributed by atoms with Gasteiger partial charge in [-0.15, -0.1) is 11.3 Å². The maximum Gasteiger partial charge on any atom is 0.407 e. The van der Waals surface area contributed by atoms with E-state index in [1.807, 2.05) is 43.3 Å². The highest BCUT2D eigenvalue weighted by atomic mass is 32.1. The van der Waals surface area contributed by atoms with Gasteiger partial charge in [0.15, 0.2) is 5.13 Å². The molecule has 0 spiro atoms. The summed E-state index contributed by atoms with van der Waals surface area (Å²) in [6.45, 7) is 1.98. The second-order valence-corrected chi connectivity index (χ2v) is 10.0. The summed E-state index contributed by atoms with van der Waals surface area (Å²) in [5, 5.41) is 24.1. The first-order valence-electron chi connectivity index (χ1n) is 11.7. The van der Waals surface area contributed by atoms with Crippen LogP contribution in [0.1, 0.15) is 33.6 Å². The number of aliphatic hydroxyl groups is 2. The number of nitrogen functional groups attached to an aromatic ring is 1.